The van der Waals surface area contributed by atoms with Crippen molar-refractivity contribution in [3.63, 3.8) is 0 Å². The summed E-state index contributed by atoms with van der Waals surface area (Å²) in [4.78, 5) is 26.0. The zero-order chi connectivity index (χ0) is 12.1. The Bertz CT molecular complexity index is 388. The van der Waals surface area contributed by atoms with Crippen LogP contribution in [-0.2, 0) is 4.79 Å². The number of amides is 1. The Morgan fingerprint density at radius 3 is 2.69 bits per heavy atom. The van der Waals surface area contributed by atoms with Crippen molar-refractivity contribution in [1.29, 1.82) is 0 Å². The van der Waals surface area contributed by atoms with Crippen molar-refractivity contribution in [2.45, 2.75) is 20.3 Å². The zero-order valence-corrected chi connectivity index (χ0v) is 9.15. The maximum Gasteiger partial charge on any atom is 0.308 e. The summed E-state index contributed by atoms with van der Waals surface area (Å²) in [6, 6.07) is 0. The Balaban J connectivity index is 2.49. The molecular formula is C9H14N4O3. The first kappa shape index (κ1) is 12.2. The molecule has 0 bridgehead atoms. The molecular weight excluding hydrogens is 212 g/mol. The summed E-state index contributed by atoms with van der Waals surface area (Å²) in [5.74, 6) is -1.41. The minimum absolute atomic E-state index is 0.0257. The maximum absolute atomic E-state index is 11.5. The molecule has 1 aromatic heterocycles. The molecule has 0 aliphatic carbocycles. The van der Waals surface area contributed by atoms with Crippen molar-refractivity contribution in [1.82, 2.24) is 20.5 Å². The first-order valence-corrected chi connectivity index (χ1v) is 4.94. The van der Waals surface area contributed by atoms with Gasteiger partial charge in [-0.3, -0.25) is 14.7 Å². The molecule has 0 saturated heterocycles. The van der Waals surface area contributed by atoms with E-state index in [2.05, 4.69) is 20.5 Å². The number of hydrogen-bond acceptors (Lipinski definition) is 4. The van der Waals surface area contributed by atoms with Gasteiger partial charge < -0.3 is 10.4 Å². The van der Waals surface area contributed by atoms with Crippen molar-refractivity contribution < 1.29 is 14.7 Å². The van der Waals surface area contributed by atoms with Gasteiger partial charge in [0.25, 0.3) is 5.91 Å². The monoisotopic (exact) mass is 226 g/mol. The Hall–Kier alpha value is -1.92. The van der Waals surface area contributed by atoms with Gasteiger partial charge in [0, 0.05) is 6.54 Å². The third-order valence-corrected chi connectivity index (χ3v) is 2.15. The molecule has 16 heavy (non-hydrogen) atoms. The molecule has 7 heteroatoms. The molecule has 88 valence electrons. The molecule has 1 amide bonds. The van der Waals surface area contributed by atoms with E-state index >= 15 is 0 Å². The number of aliphatic carboxylic acids is 1. The lowest BCUT2D eigenvalue weighted by molar-refractivity contribution is -0.141. The summed E-state index contributed by atoms with van der Waals surface area (Å²) in [7, 11) is 0. The second kappa shape index (κ2) is 5.24. The van der Waals surface area contributed by atoms with Crippen LogP contribution in [0.25, 0.3) is 0 Å². The molecule has 0 aliphatic heterocycles. The van der Waals surface area contributed by atoms with Crippen LogP contribution in [0.5, 0.6) is 0 Å². The lowest BCUT2D eigenvalue weighted by atomic mass is 10.1. The van der Waals surface area contributed by atoms with Crippen LogP contribution in [0.3, 0.4) is 0 Å². The minimum atomic E-state index is -0.922. The number of rotatable bonds is 5. The van der Waals surface area contributed by atoms with Gasteiger partial charge in [-0.1, -0.05) is 6.92 Å². The van der Waals surface area contributed by atoms with E-state index < -0.39 is 17.8 Å². The van der Waals surface area contributed by atoms with Crippen LogP contribution >= 0.6 is 0 Å². The SMILES string of the molecule is CCC(CNC(=O)c1n[nH]c(C)n1)C(=O)O. The van der Waals surface area contributed by atoms with Crippen LogP contribution < -0.4 is 5.32 Å². The quantitative estimate of drug-likeness (QED) is 0.652. The first-order valence-electron chi connectivity index (χ1n) is 4.94. The number of aromatic amines is 1. The fourth-order valence-electron chi connectivity index (χ4n) is 1.15. The Morgan fingerprint density at radius 2 is 2.25 bits per heavy atom. The van der Waals surface area contributed by atoms with E-state index in [0.717, 1.165) is 0 Å². The molecule has 0 saturated carbocycles. The van der Waals surface area contributed by atoms with E-state index in [1.54, 1.807) is 13.8 Å². The Labute approximate surface area is 92.3 Å². The number of nitrogens with zero attached hydrogens (tertiary/aromatic N) is 2. The van der Waals surface area contributed by atoms with E-state index in [9.17, 15) is 9.59 Å². The van der Waals surface area contributed by atoms with E-state index in [-0.39, 0.29) is 12.4 Å². The highest BCUT2D eigenvalue weighted by molar-refractivity contribution is 5.90. The molecule has 1 aromatic rings. The average molecular weight is 226 g/mol. The molecule has 1 rings (SSSR count). The number of hydrogen-bond donors (Lipinski definition) is 3. The van der Waals surface area contributed by atoms with Gasteiger partial charge in [0.05, 0.1) is 5.92 Å². The van der Waals surface area contributed by atoms with Gasteiger partial charge in [-0.25, -0.2) is 4.98 Å². The summed E-state index contributed by atoms with van der Waals surface area (Å²) in [6.07, 6.45) is 0.461. The van der Waals surface area contributed by atoms with Gasteiger partial charge >= 0.3 is 5.97 Å². The standard InChI is InChI=1S/C9H14N4O3/c1-3-6(9(15)16)4-10-8(14)7-11-5(2)12-13-7/h6H,3-4H2,1-2H3,(H,10,14)(H,15,16)(H,11,12,13). The smallest absolute Gasteiger partial charge is 0.308 e. The molecule has 7 nitrogen and oxygen atoms in total. The van der Waals surface area contributed by atoms with Crippen LogP contribution in [0.4, 0.5) is 0 Å². The molecule has 3 N–H and O–H groups in total. The summed E-state index contributed by atoms with van der Waals surface area (Å²) in [5.41, 5.74) is 0. The number of aromatic nitrogens is 3. The first-order chi connectivity index (χ1) is 7.54. The fraction of sp³-hybridized carbons (Fsp3) is 0.556. The third-order valence-electron chi connectivity index (χ3n) is 2.15. The number of carbonyl (C=O) groups excluding carboxylic acids is 1. The maximum atomic E-state index is 11.5. The van der Waals surface area contributed by atoms with Crippen molar-refractivity contribution in [2.75, 3.05) is 6.54 Å². The van der Waals surface area contributed by atoms with E-state index in [4.69, 9.17) is 5.11 Å². The van der Waals surface area contributed by atoms with Crippen molar-refractivity contribution >= 4 is 11.9 Å². The van der Waals surface area contributed by atoms with Gasteiger partial charge in [0.2, 0.25) is 5.82 Å². The summed E-state index contributed by atoms with van der Waals surface area (Å²) >= 11 is 0. The molecule has 1 atom stereocenters. The number of carboxylic acids is 1. The molecule has 1 unspecified atom stereocenters. The van der Waals surface area contributed by atoms with Crippen LogP contribution in [0.15, 0.2) is 0 Å². The highest BCUT2D eigenvalue weighted by Gasteiger charge is 2.17. The summed E-state index contributed by atoms with van der Waals surface area (Å²) in [6.45, 7) is 3.51. The van der Waals surface area contributed by atoms with Gasteiger partial charge in [-0.15, -0.1) is 5.10 Å². The van der Waals surface area contributed by atoms with Gasteiger partial charge in [0.15, 0.2) is 0 Å². The normalized spacial score (nSPS) is 12.1. The Morgan fingerprint density at radius 1 is 1.56 bits per heavy atom. The number of nitrogens with one attached hydrogen (secondary N) is 2. The molecule has 0 fully saturated rings. The predicted molar refractivity (Wildman–Crippen MR) is 54.9 cm³/mol. The summed E-state index contributed by atoms with van der Waals surface area (Å²) < 4.78 is 0. The minimum Gasteiger partial charge on any atom is -0.481 e. The number of carbonyl (C=O) groups is 2. The molecule has 0 radical (unpaired) electrons. The third kappa shape index (κ3) is 3.04. The lowest BCUT2D eigenvalue weighted by Crippen LogP contribution is -2.33. The number of aryl methyl sites for hydroxylation is 1. The van der Waals surface area contributed by atoms with Gasteiger partial charge in [-0.05, 0) is 13.3 Å². The molecule has 0 aromatic carbocycles. The average Bonchev–Trinajstić information content (AvgIpc) is 2.65. The molecule has 1 heterocycles. The van der Waals surface area contributed by atoms with E-state index in [1.165, 1.54) is 0 Å². The van der Waals surface area contributed by atoms with Crippen molar-refractivity contribution in [3.8, 4) is 0 Å². The van der Waals surface area contributed by atoms with E-state index in [0.29, 0.717) is 12.2 Å². The number of H-pyrrole nitrogens is 1. The molecule has 0 aliphatic rings. The van der Waals surface area contributed by atoms with Crippen molar-refractivity contribution in [3.05, 3.63) is 11.6 Å². The predicted octanol–water partition coefficient (Wildman–Crippen LogP) is -0.0463. The lowest BCUT2D eigenvalue weighted by Gasteiger charge is -2.09. The topological polar surface area (TPSA) is 108 Å². The Kier molecular flexibility index (Phi) is 3.98. The van der Waals surface area contributed by atoms with Crippen LogP contribution in [0.1, 0.15) is 29.8 Å². The summed E-state index contributed by atoms with van der Waals surface area (Å²) in [5, 5.41) is 17.5. The fourth-order valence-corrected chi connectivity index (χ4v) is 1.15. The second-order valence-corrected chi connectivity index (χ2v) is 3.40. The van der Waals surface area contributed by atoms with E-state index in [1.807, 2.05) is 0 Å². The number of carboxylic acid groups (broad SMARTS) is 1. The zero-order valence-electron chi connectivity index (χ0n) is 9.15. The highest BCUT2D eigenvalue weighted by atomic mass is 16.4. The van der Waals surface area contributed by atoms with Crippen LogP contribution in [-0.4, -0.2) is 38.7 Å². The van der Waals surface area contributed by atoms with Gasteiger partial charge in [0.1, 0.15) is 5.82 Å². The van der Waals surface area contributed by atoms with Crippen LogP contribution in [0.2, 0.25) is 0 Å². The highest BCUT2D eigenvalue weighted by Crippen LogP contribution is 2.01. The van der Waals surface area contributed by atoms with Crippen LogP contribution in [0, 0.1) is 12.8 Å². The largest absolute Gasteiger partial charge is 0.481 e. The molecule has 0 spiro atoms. The second-order valence-electron chi connectivity index (χ2n) is 3.40. The van der Waals surface area contributed by atoms with Crippen molar-refractivity contribution in [2.24, 2.45) is 5.92 Å². The van der Waals surface area contributed by atoms with Gasteiger partial charge in [-0.2, -0.15) is 0 Å².